The van der Waals surface area contributed by atoms with Gasteiger partial charge in [0.1, 0.15) is 27.6 Å². The van der Waals surface area contributed by atoms with Crippen molar-refractivity contribution in [1.29, 1.82) is 0 Å². The first-order chi connectivity index (χ1) is 21.8. The van der Waals surface area contributed by atoms with Gasteiger partial charge in [-0.3, -0.25) is 9.36 Å². The molecule has 7 rings (SSSR count). The zero-order chi connectivity index (χ0) is 32.7. The van der Waals surface area contributed by atoms with Crippen molar-refractivity contribution in [2.75, 3.05) is 36.5 Å². The van der Waals surface area contributed by atoms with Crippen LogP contribution in [0.5, 0.6) is 0 Å². The van der Waals surface area contributed by atoms with E-state index in [-0.39, 0.29) is 40.0 Å². The molecule has 2 aromatic heterocycles. The van der Waals surface area contributed by atoms with E-state index in [0.29, 0.717) is 67.7 Å². The number of anilines is 1. The van der Waals surface area contributed by atoms with Crippen LogP contribution in [-0.2, 0) is 22.3 Å². The molecule has 1 atom stereocenters. The van der Waals surface area contributed by atoms with E-state index in [1.807, 2.05) is 19.1 Å². The Balaban J connectivity index is 1.40. The quantitative estimate of drug-likeness (QED) is 0.313. The molecule has 1 aromatic carbocycles. The fraction of sp³-hybridized carbons (Fsp3) is 0.629. The second kappa shape index (κ2) is 12.9. The number of sulfone groups is 1. The summed E-state index contributed by atoms with van der Waals surface area (Å²) in [5.41, 5.74) is 1.82. The number of aryl methyl sites for hydroxylation is 1. The number of nitrogens with one attached hydrogen (secondary N) is 1. The molecule has 4 aliphatic heterocycles. The summed E-state index contributed by atoms with van der Waals surface area (Å²) < 4.78 is 58.1. The molecule has 6 heterocycles. The van der Waals surface area contributed by atoms with Gasteiger partial charge in [-0.15, -0.1) is 0 Å². The van der Waals surface area contributed by atoms with Crippen molar-refractivity contribution in [3.63, 3.8) is 0 Å². The molecule has 8 bridgehead atoms. The van der Waals surface area contributed by atoms with Crippen molar-refractivity contribution in [2.24, 2.45) is 11.3 Å². The second-order valence-electron chi connectivity index (χ2n) is 14.6. The first-order valence-electron chi connectivity index (χ1n) is 16.9. The number of benzene rings is 1. The zero-order valence-electron chi connectivity index (χ0n) is 27.3. The third kappa shape index (κ3) is 7.00. The summed E-state index contributed by atoms with van der Waals surface area (Å²) >= 11 is 0. The number of nitrogens with zero attached hydrogens (tertiary/aromatic N) is 4. The number of aromatic nitrogens is 3. The number of rotatable bonds is 1. The maximum absolute atomic E-state index is 16.0. The minimum absolute atomic E-state index is 0.0410. The molecule has 0 amide bonds. The Labute approximate surface area is 270 Å². The normalized spacial score (nSPS) is 27.1. The highest BCUT2D eigenvalue weighted by atomic mass is 32.2. The van der Waals surface area contributed by atoms with Gasteiger partial charge >= 0.3 is 0 Å². The SMILES string of the molecule is C[C@H]1Nc2ncnc3c2cc(C2CCS(=O)(=O)CC2)c(=O)n3CCCCCC(C)(C)CN2CCC(CC2)C(F)(F)c2cccc1c2. The minimum atomic E-state index is -3.10. The van der Waals surface area contributed by atoms with Gasteiger partial charge in [0.2, 0.25) is 0 Å². The Kier molecular flexibility index (Phi) is 9.28. The molecule has 8 nitrogen and oxygen atoms in total. The molecule has 2 fully saturated rings. The highest BCUT2D eigenvalue weighted by Gasteiger charge is 2.43. The van der Waals surface area contributed by atoms with Crippen LogP contribution in [-0.4, -0.2) is 59.0 Å². The largest absolute Gasteiger partial charge is 0.363 e. The molecular weight excluding hydrogens is 608 g/mol. The summed E-state index contributed by atoms with van der Waals surface area (Å²) in [7, 11) is -3.10. The number of fused-ring (bicyclic) bond motifs is 9. The average Bonchev–Trinajstić information content (AvgIpc) is 3.01. The molecule has 3 aromatic rings. The number of hydrogen-bond acceptors (Lipinski definition) is 7. The second-order valence-corrected chi connectivity index (χ2v) is 16.9. The molecule has 0 saturated carbocycles. The lowest BCUT2D eigenvalue weighted by Crippen LogP contribution is -2.43. The van der Waals surface area contributed by atoms with E-state index in [1.54, 1.807) is 16.7 Å². The van der Waals surface area contributed by atoms with Gasteiger partial charge in [0, 0.05) is 36.2 Å². The summed E-state index contributed by atoms with van der Waals surface area (Å²) in [6.45, 7) is 9.18. The van der Waals surface area contributed by atoms with E-state index in [2.05, 4.69) is 34.0 Å². The topological polar surface area (TPSA) is 97.2 Å². The molecule has 2 saturated heterocycles. The van der Waals surface area contributed by atoms with Crippen LogP contribution in [0.1, 0.15) is 101 Å². The van der Waals surface area contributed by atoms with Crippen molar-refractivity contribution >= 4 is 26.7 Å². The third-order valence-corrected chi connectivity index (χ3v) is 12.2. The molecular formula is C35H47F2N5O3S. The first kappa shape index (κ1) is 33.0. The predicted octanol–water partition coefficient (Wildman–Crippen LogP) is 6.66. The van der Waals surface area contributed by atoms with Gasteiger partial charge < -0.3 is 10.2 Å². The van der Waals surface area contributed by atoms with Crippen LogP contribution in [0, 0.1) is 11.3 Å². The fourth-order valence-electron chi connectivity index (χ4n) is 7.75. The summed E-state index contributed by atoms with van der Waals surface area (Å²) in [4.78, 5) is 25.5. The van der Waals surface area contributed by atoms with E-state index >= 15 is 8.78 Å². The van der Waals surface area contributed by atoms with Crippen molar-refractivity contribution in [3.05, 3.63) is 63.7 Å². The van der Waals surface area contributed by atoms with Crippen molar-refractivity contribution < 1.29 is 17.2 Å². The van der Waals surface area contributed by atoms with Gasteiger partial charge in [0.15, 0.2) is 0 Å². The highest BCUT2D eigenvalue weighted by Crippen LogP contribution is 2.43. The van der Waals surface area contributed by atoms with Gasteiger partial charge in [-0.25, -0.2) is 27.2 Å². The van der Waals surface area contributed by atoms with Crippen LogP contribution in [0.4, 0.5) is 14.6 Å². The van der Waals surface area contributed by atoms with Gasteiger partial charge in [-0.05, 0) is 87.6 Å². The number of alkyl halides is 2. The Morgan fingerprint density at radius 1 is 0.957 bits per heavy atom. The molecule has 4 aliphatic rings. The summed E-state index contributed by atoms with van der Waals surface area (Å²) in [5, 5.41) is 4.11. The standard InChI is InChI=1S/C35H47F2N5O3S/c1-24-26-8-7-9-28(20-26)35(36,37)27-10-16-41(17-11-27)22-34(2,3)14-5-4-6-15-42-32-30(31(40-24)38-23-39-32)21-29(33(42)43)25-12-18-46(44,45)19-13-25/h7-9,20-21,23-25,27H,4-6,10-19,22H2,1-3H3,(H,38,39,40)/t24-/m1/s1. The number of hydrogen-bond donors (Lipinski definition) is 1. The van der Waals surface area contributed by atoms with E-state index in [9.17, 15) is 13.2 Å². The van der Waals surface area contributed by atoms with Crippen LogP contribution >= 0.6 is 0 Å². The van der Waals surface area contributed by atoms with E-state index in [0.717, 1.165) is 37.8 Å². The fourth-order valence-corrected chi connectivity index (χ4v) is 9.24. The van der Waals surface area contributed by atoms with Gasteiger partial charge in [-0.1, -0.05) is 44.9 Å². The molecule has 46 heavy (non-hydrogen) atoms. The molecule has 0 aliphatic carbocycles. The number of pyridine rings is 1. The van der Waals surface area contributed by atoms with Crippen LogP contribution in [0.2, 0.25) is 0 Å². The zero-order valence-corrected chi connectivity index (χ0v) is 28.1. The van der Waals surface area contributed by atoms with Crippen molar-refractivity contribution in [3.8, 4) is 0 Å². The monoisotopic (exact) mass is 655 g/mol. The van der Waals surface area contributed by atoms with Gasteiger partial charge in [0.25, 0.3) is 11.5 Å². The Morgan fingerprint density at radius 3 is 2.43 bits per heavy atom. The maximum atomic E-state index is 16.0. The van der Waals surface area contributed by atoms with E-state index in [4.69, 9.17) is 0 Å². The predicted molar refractivity (Wildman–Crippen MR) is 178 cm³/mol. The molecule has 0 spiro atoms. The Morgan fingerprint density at radius 2 is 1.70 bits per heavy atom. The summed E-state index contributed by atoms with van der Waals surface area (Å²) in [5.74, 6) is -3.15. The van der Waals surface area contributed by atoms with E-state index in [1.165, 1.54) is 12.4 Å². The van der Waals surface area contributed by atoms with Crippen LogP contribution in [0.15, 0.2) is 41.5 Å². The minimum Gasteiger partial charge on any atom is -0.363 e. The Hall–Kier alpha value is -2.92. The maximum Gasteiger partial charge on any atom is 0.276 e. The van der Waals surface area contributed by atoms with Crippen molar-refractivity contribution in [2.45, 2.75) is 96.6 Å². The van der Waals surface area contributed by atoms with Crippen molar-refractivity contribution in [1.82, 2.24) is 19.4 Å². The molecule has 1 N–H and O–H groups in total. The first-order valence-corrected chi connectivity index (χ1v) is 18.7. The molecule has 250 valence electrons. The number of piperidine rings is 1. The molecule has 0 unspecified atom stereocenters. The lowest BCUT2D eigenvalue weighted by molar-refractivity contribution is -0.0874. The van der Waals surface area contributed by atoms with Crippen LogP contribution in [0.25, 0.3) is 11.0 Å². The summed E-state index contributed by atoms with van der Waals surface area (Å²) in [6, 6.07) is 8.19. The van der Waals surface area contributed by atoms with Crippen LogP contribution < -0.4 is 10.9 Å². The van der Waals surface area contributed by atoms with Gasteiger partial charge in [0.05, 0.1) is 16.9 Å². The lowest BCUT2D eigenvalue weighted by Gasteiger charge is -2.39. The van der Waals surface area contributed by atoms with Gasteiger partial charge in [-0.2, -0.15) is 0 Å². The lowest BCUT2D eigenvalue weighted by atomic mass is 9.83. The molecule has 11 heteroatoms. The number of halogens is 2. The highest BCUT2D eigenvalue weighted by molar-refractivity contribution is 7.91. The smallest absolute Gasteiger partial charge is 0.276 e. The molecule has 0 radical (unpaired) electrons. The van der Waals surface area contributed by atoms with Crippen LogP contribution in [0.3, 0.4) is 0 Å². The average molecular weight is 656 g/mol. The summed E-state index contributed by atoms with van der Waals surface area (Å²) in [6.07, 6.45) is 6.96. The third-order valence-electron chi connectivity index (χ3n) is 10.5. The van der Waals surface area contributed by atoms with E-state index < -0.39 is 21.7 Å². The Bertz CT molecular complexity index is 1720.